The summed E-state index contributed by atoms with van der Waals surface area (Å²) < 4.78 is 54.1. The monoisotopic (exact) mass is 666 g/mol. The van der Waals surface area contributed by atoms with E-state index >= 15 is 0 Å². The van der Waals surface area contributed by atoms with Gasteiger partial charge < -0.3 is 19.9 Å². The SMILES string of the molecule is O=C(NCc1ccccc1C(F)(F)F)[C@]1(Cc2ccccc2)N=C(c2ccc(OCCCO)cc2)O[C@@H]1c1ccc(Br)cc1. The summed E-state index contributed by atoms with van der Waals surface area (Å²) in [7, 11) is 0. The number of benzene rings is 4. The Morgan fingerprint density at radius 3 is 2.32 bits per heavy atom. The van der Waals surface area contributed by atoms with Gasteiger partial charge in [-0.1, -0.05) is 76.6 Å². The Labute approximate surface area is 261 Å². The van der Waals surface area contributed by atoms with Gasteiger partial charge in [-0.25, -0.2) is 4.99 Å². The molecule has 0 aromatic heterocycles. The van der Waals surface area contributed by atoms with E-state index in [0.29, 0.717) is 29.9 Å². The van der Waals surface area contributed by atoms with Crippen molar-refractivity contribution < 1.29 is 32.5 Å². The fourth-order valence-electron chi connectivity index (χ4n) is 5.11. The summed E-state index contributed by atoms with van der Waals surface area (Å²) >= 11 is 3.45. The Morgan fingerprint density at radius 2 is 1.64 bits per heavy atom. The van der Waals surface area contributed by atoms with Crippen molar-refractivity contribution >= 4 is 27.7 Å². The van der Waals surface area contributed by atoms with E-state index in [0.717, 1.165) is 16.1 Å². The molecule has 0 radical (unpaired) electrons. The molecule has 10 heteroatoms. The van der Waals surface area contributed by atoms with Crippen molar-refractivity contribution in [1.29, 1.82) is 0 Å². The lowest BCUT2D eigenvalue weighted by atomic mass is 9.82. The molecule has 1 amide bonds. The number of aliphatic hydroxyl groups is 1. The van der Waals surface area contributed by atoms with Crippen LogP contribution in [0.4, 0.5) is 13.2 Å². The molecular weight excluding hydrogens is 637 g/mol. The molecule has 0 aliphatic carbocycles. The smallest absolute Gasteiger partial charge is 0.416 e. The zero-order valence-electron chi connectivity index (χ0n) is 23.6. The molecule has 228 valence electrons. The summed E-state index contributed by atoms with van der Waals surface area (Å²) in [6.07, 6.45) is -4.83. The largest absolute Gasteiger partial charge is 0.494 e. The van der Waals surface area contributed by atoms with Gasteiger partial charge in [-0.3, -0.25) is 4.79 Å². The molecule has 2 atom stereocenters. The second-order valence-corrected chi connectivity index (χ2v) is 11.3. The van der Waals surface area contributed by atoms with Gasteiger partial charge >= 0.3 is 6.18 Å². The molecule has 4 aromatic rings. The Bertz CT molecular complexity index is 1600. The average Bonchev–Trinajstić information content (AvgIpc) is 3.41. The minimum absolute atomic E-state index is 0.0214. The summed E-state index contributed by atoms with van der Waals surface area (Å²) in [6.45, 7) is 0.0349. The molecule has 0 bridgehead atoms. The molecule has 0 fully saturated rings. The zero-order chi connectivity index (χ0) is 31.2. The van der Waals surface area contributed by atoms with E-state index in [-0.39, 0.29) is 31.0 Å². The molecular formula is C34H30BrF3N2O4. The maximum absolute atomic E-state index is 14.3. The third-order valence-corrected chi connectivity index (χ3v) is 7.81. The fourth-order valence-corrected chi connectivity index (χ4v) is 5.37. The first kappa shape index (κ1) is 31.3. The first-order chi connectivity index (χ1) is 21.2. The minimum atomic E-state index is -4.57. The Hall–Kier alpha value is -4.15. The van der Waals surface area contributed by atoms with Crippen molar-refractivity contribution in [3.63, 3.8) is 0 Å². The van der Waals surface area contributed by atoms with Crippen molar-refractivity contribution in [3.8, 4) is 5.75 Å². The predicted octanol–water partition coefficient (Wildman–Crippen LogP) is 7.05. The highest BCUT2D eigenvalue weighted by Crippen LogP contribution is 2.43. The maximum Gasteiger partial charge on any atom is 0.416 e. The highest BCUT2D eigenvalue weighted by Gasteiger charge is 2.53. The van der Waals surface area contributed by atoms with E-state index in [9.17, 15) is 18.0 Å². The Morgan fingerprint density at radius 1 is 0.955 bits per heavy atom. The molecule has 0 unspecified atom stereocenters. The van der Waals surface area contributed by atoms with Crippen LogP contribution in [0.15, 0.2) is 113 Å². The number of alkyl halides is 3. The van der Waals surface area contributed by atoms with Crippen LogP contribution in [0.2, 0.25) is 0 Å². The molecule has 0 saturated carbocycles. The number of carbonyl (C=O) groups excluding carboxylic acids is 1. The molecule has 4 aromatic carbocycles. The van der Waals surface area contributed by atoms with Crippen LogP contribution in [0.5, 0.6) is 5.75 Å². The number of carbonyl (C=O) groups is 1. The number of halogens is 4. The van der Waals surface area contributed by atoms with Gasteiger partial charge in [-0.15, -0.1) is 0 Å². The summed E-state index contributed by atoms with van der Waals surface area (Å²) in [5, 5.41) is 11.8. The molecule has 1 aliphatic heterocycles. The predicted molar refractivity (Wildman–Crippen MR) is 164 cm³/mol. The van der Waals surface area contributed by atoms with E-state index in [1.807, 2.05) is 54.6 Å². The summed E-state index contributed by atoms with van der Waals surface area (Å²) in [6, 6.07) is 28.8. The van der Waals surface area contributed by atoms with Crippen LogP contribution in [-0.4, -0.2) is 35.7 Å². The van der Waals surface area contributed by atoms with Gasteiger partial charge in [0, 0.05) is 36.0 Å². The van der Waals surface area contributed by atoms with Crippen LogP contribution in [0.1, 0.15) is 40.3 Å². The second-order valence-electron chi connectivity index (χ2n) is 10.3. The van der Waals surface area contributed by atoms with Gasteiger partial charge in [0.2, 0.25) is 5.90 Å². The van der Waals surface area contributed by atoms with Crippen LogP contribution in [0.25, 0.3) is 0 Å². The van der Waals surface area contributed by atoms with E-state index in [2.05, 4.69) is 21.2 Å². The van der Waals surface area contributed by atoms with Gasteiger partial charge in [0.25, 0.3) is 5.91 Å². The van der Waals surface area contributed by atoms with Crippen molar-refractivity contribution in [2.75, 3.05) is 13.2 Å². The molecule has 1 heterocycles. The van der Waals surface area contributed by atoms with E-state index in [4.69, 9.17) is 19.6 Å². The van der Waals surface area contributed by atoms with Crippen molar-refractivity contribution in [3.05, 3.63) is 135 Å². The molecule has 0 saturated heterocycles. The number of nitrogens with zero attached hydrogens (tertiary/aromatic N) is 1. The van der Waals surface area contributed by atoms with Gasteiger partial charge in [0.1, 0.15) is 5.75 Å². The molecule has 0 spiro atoms. The third-order valence-electron chi connectivity index (χ3n) is 7.28. The number of nitrogens with one attached hydrogen (secondary N) is 1. The average molecular weight is 668 g/mol. The Kier molecular flexibility index (Phi) is 9.71. The number of aliphatic imine (C=N–C) groups is 1. The lowest BCUT2D eigenvalue weighted by Crippen LogP contribution is -2.49. The second kappa shape index (κ2) is 13.7. The zero-order valence-corrected chi connectivity index (χ0v) is 25.1. The van der Waals surface area contributed by atoms with Gasteiger partial charge in [-0.05, 0) is 59.2 Å². The van der Waals surface area contributed by atoms with Crippen LogP contribution in [-0.2, 0) is 28.7 Å². The van der Waals surface area contributed by atoms with E-state index < -0.39 is 29.3 Å². The lowest BCUT2D eigenvalue weighted by Gasteiger charge is -2.31. The van der Waals surface area contributed by atoms with Gasteiger partial charge in [-0.2, -0.15) is 13.2 Å². The highest BCUT2D eigenvalue weighted by atomic mass is 79.9. The summed E-state index contributed by atoms with van der Waals surface area (Å²) in [5.74, 6) is 0.258. The molecule has 6 nitrogen and oxygen atoms in total. The van der Waals surface area contributed by atoms with Gasteiger partial charge in [0.15, 0.2) is 11.6 Å². The highest BCUT2D eigenvalue weighted by molar-refractivity contribution is 9.10. The number of ether oxygens (including phenoxy) is 2. The summed E-state index contributed by atoms with van der Waals surface area (Å²) in [4.78, 5) is 19.2. The number of hydrogen-bond donors (Lipinski definition) is 2. The topological polar surface area (TPSA) is 80.2 Å². The van der Waals surface area contributed by atoms with Crippen LogP contribution in [0.3, 0.4) is 0 Å². The van der Waals surface area contributed by atoms with Crippen molar-refractivity contribution in [2.24, 2.45) is 4.99 Å². The molecule has 5 rings (SSSR count). The summed E-state index contributed by atoms with van der Waals surface area (Å²) in [5.41, 5.74) is -0.321. The van der Waals surface area contributed by atoms with E-state index in [1.165, 1.54) is 18.2 Å². The number of rotatable bonds is 11. The molecule has 2 N–H and O–H groups in total. The Balaban J connectivity index is 1.55. The minimum Gasteiger partial charge on any atom is -0.494 e. The molecule has 1 aliphatic rings. The third kappa shape index (κ3) is 7.14. The standard InChI is InChI=1S/C34H30BrF3N2O4/c35-27-15-11-24(12-16-27)30-33(21-23-7-2-1-3-8-23,32(42)39-22-26-9-4-5-10-29(26)34(36,37)38)40-31(44-30)25-13-17-28(18-14-25)43-20-6-19-41/h1-5,7-18,30,41H,6,19-22H2,(H,39,42)/t30-,33-/m1/s1. The maximum atomic E-state index is 14.3. The molecule has 44 heavy (non-hydrogen) atoms. The quantitative estimate of drug-likeness (QED) is 0.168. The lowest BCUT2D eigenvalue weighted by molar-refractivity contribution is -0.138. The van der Waals surface area contributed by atoms with Crippen molar-refractivity contribution in [2.45, 2.75) is 37.2 Å². The van der Waals surface area contributed by atoms with Crippen LogP contribution in [0, 0.1) is 0 Å². The number of aliphatic hydroxyl groups excluding tert-OH is 1. The van der Waals surface area contributed by atoms with Gasteiger partial charge in [0.05, 0.1) is 12.2 Å². The van der Waals surface area contributed by atoms with E-state index in [1.54, 1.807) is 24.3 Å². The van der Waals surface area contributed by atoms with Crippen molar-refractivity contribution in [1.82, 2.24) is 5.32 Å². The number of amides is 1. The first-order valence-corrected chi connectivity index (χ1v) is 14.8. The normalized spacial score (nSPS) is 17.9. The number of hydrogen-bond acceptors (Lipinski definition) is 5. The first-order valence-electron chi connectivity index (χ1n) is 14.0. The van der Waals surface area contributed by atoms with Crippen LogP contribution < -0.4 is 10.1 Å². The fraction of sp³-hybridized carbons (Fsp3) is 0.235. The van der Waals surface area contributed by atoms with Crippen LogP contribution >= 0.6 is 15.9 Å².